The molecule has 0 saturated heterocycles. The van der Waals surface area contributed by atoms with Crippen LogP contribution in [0.1, 0.15) is 30.4 Å². The third kappa shape index (κ3) is 1.96. The molecule has 1 nitrogen and oxygen atoms in total. The Hall–Kier alpha value is 0.102. The molecule has 3 radical (unpaired) electrons. The van der Waals surface area contributed by atoms with Crippen molar-refractivity contribution in [2.24, 2.45) is 0 Å². The van der Waals surface area contributed by atoms with Crippen LogP contribution >= 0.6 is 0 Å². The summed E-state index contributed by atoms with van der Waals surface area (Å²) in [5.74, 6) is 0. The number of hydrogen-bond donors (Lipinski definition) is 1. The van der Waals surface area contributed by atoms with E-state index in [0.717, 1.165) is 45.0 Å². The van der Waals surface area contributed by atoms with E-state index in [1.165, 1.54) is 17.5 Å². The Morgan fingerprint density at radius 1 is 1.23 bits per heavy atom. The minimum atomic E-state index is -0.465. The SMILES string of the molecule is O[C]1([Pb])CCCCc2ccccc21. The number of benzene rings is 1. The zero-order valence-electron chi connectivity index (χ0n) is 7.59. The second-order valence-electron chi connectivity index (χ2n) is 3.72. The van der Waals surface area contributed by atoms with Crippen molar-refractivity contribution in [3.63, 3.8) is 0 Å². The van der Waals surface area contributed by atoms with Crippen LogP contribution in [0.5, 0.6) is 0 Å². The maximum atomic E-state index is 10.3. The van der Waals surface area contributed by atoms with Crippen molar-refractivity contribution in [2.75, 3.05) is 0 Å². The Morgan fingerprint density at radius 3 is 2.85 bits per heavy atom. The van der Waals surface area contributed by atoms with Gasteiger partial charge >= 0.3 is 95.1 Å². The van der Waals surface area contributed by atoms with E-state index in [2.05, 4.69) is 18.2 Å². The van der Waals surface area contributed by atoms with Crippen molar-refractivity contribution in [3.05, 3.63) is 35.4 Å². The molecular weight excluding hydrogens is 355 g/mol. The number of hydrogen-bond acceptors (Lipinski definition) is 1. The average molecular weight is 368 g/mol. The van der Waals surface area contributed by atoms with Gasteiger partial charge in [-0.3, -0.25) is 0 Å². The Balaban J connectivity index is 2.48. The topological polar surface area (TPSA) is 20.2 Å². The summed E-state index contributed by atoms with van der Waals surface area (Å²) in [6.45, 7) is 0. The second kappa shape index (κ2) is 3.69. The molecule has 0 fully saturated rings. The van der Waals surface area contributed by atoms with Crippen LogP contribution in [0.3, 0.4) is 0 Å². The molecular formula is C11H13OPb. The minimum absolute atomic E-state index is 0.465. The van der Waals surface area contributed by atoms with Gasteiger partial charge in [-0.25, -0.2) is 0 Å². The number of rotatable bonds is 0. The van der Waals surface area contributed by atoms with Gasteiger partial charge in [-0.15, -0.1) is 0 Å². The Morgan fingerprint density at radius 2 is 2.00 bits per heavy atom. The van der Waals surface area contributed by atoms with Crippen LogP contribution < -0.4 is 0 Å². The van der Waals surface area contributed by atoms with E-state index in [4.69, 9.17) is 0 Å². The van der Waals surface area contributed by atoms with Crippen LogP contribution in [-0.2, 0) is 9.58 Å². The molecule has 0 amide bonds. The summed E-state index contributed by atoms with van der Waals surface area (Å²) in [6.07, 6.45) is 4.48. The van der Waals surface area contributed by atoms with Crippen LogP contribution in [0.15, 0.2) is 24.3 Å². The first-order valence-electron chi connectivity index (χ1n) is 4.76. The van der Waals surface area contributed by atoms with Gasteiger partial charge in [0.05, 0.1) is 0 Å². The van der Waals surface area contributed by atoms with E-state index in [9.17, 15) is 5.11 Å². The molecule has 0 saturated carbocycles. The van der Waals surface area contributed by atoms with Gasteiger partial charge in [0.15, 0.2) is 0 Å². The predicted octanol–water partition coefficient (Wildman–Crippen LogP) is 1.73. The van der Waals surface area contributed by atoms with E-state index < -0.39 is 3.16 Å². The van der Waals surface area contributed by atoms with Gasteiger partial charge in [-0.2, -0.15) is 0 Å². The third-order valence-electron chi connectivity index (χ3n) is 2.70. The van der Waals surface area contributed by atoms with Gasteiger partial charge in [-0.05, 0) is 0 Å². The fraction of sp³-hybridized carbons (Fsp3) is 0.455. The molecule has 0 spiro atoms. The van der Waals surface area contributed by atoms with E-state index in [0.29, 0.717) is 0 Å². The summed E-state index contributed by atoms with van der Waals surface area (Å²) in [6, 6.07) is 8.35. The molecule has 0 aliphatic heterocycles. The average Bonchev–Trinajstić information content (AvgIpc) is 2.26. The van der Waals surface area contributed by atoms with Crippen LogP contribution in [0.25, 0.3) is 0 Å². The van der Waals surface area contributed by atoms with Crippen LogP contribution in [-0.4, -0.2) is 30.9 Å². The molecule has 1 aromatic rings. The molecule has 13 heavy (non-hydrogen) atoms. The van der Waals surface area contributed by atoms with Gasteiger partial charge in [-0.1, -0.05) is 0 Å². The van der Waals surface area contributed by atoms with Gasteiger partial charge in [0.25, 0.3) is 0 Å². The Kier molecular flexibility index (Phi) is 2.74. The summed E-state index contributed by atoms with van der Waals surface area (Å²) >= 11 is 0.840. The normalized spacial score (nSPS) is 27.8. The Bertz CT molecular complexity index is 307. The van der Waals surface area contributed by atoms with Crippen molar-refractivity contribution >= 4 is 25.8 Å². The predicted molar refractivity (Wildman–Crippen MR) is 53.6 cm³/mol. The molecule has 0 heterocycles. The zero-order chi connectivity index (χ0) is 9.31. The molecule has 1 aliphatic carbocycles. The Labute approximate surface area is 94.9 Å². The van der Waals surface area contributed by atoms with Gasteiger partial charge in [0, 0.05) is 0 Å². The first-order chi connectivity index (χ1) is 6.20. The van der Waals surface area contributed by atoms with Crippen LogP contribution in [0.2, 0.25) is 0 Å². The molecule has 1 atom stereocenters. The first kappa shape index (κ1) is 9.65. The molecule has 0 aromatic heterocycles. The fourth-order valence-electron chi connectivity index (χ4n) is 1.97. The fourth-order valence-corrected chi connectivity index (χ4v) is 3.61. The summed E-state index contributed by atoms with van der Waals surface area (Å²) in [5.41, 5.74) is 2.55. The molecule has 2 heteroatoms. The van der Waals surface area contributed by atoms with E-state index >= 15 is 0 Å². The molecule has 1 unspecified atom stereocenters. The van der Waals surface area contributed by atoms with Gasteiger partial charge < -0.3 is 0 Å². The van der Waals surface area contributed by atoms with Crippen LogP contribution in [0.4, 0.5) is 0 Å². The summed E-state index contributed by atoms with van der Waals surface area (Å²) in [7, 11) is 0. The van der Waals surface area contributed by atoms with Crippen molar-refractivity contribution < 1.29 is 5.11 Å². The molecule has 1 N–H and O–H groups in total. The molecule has 1 aromatic carbocycles. The number of fused-ring (bicyclic) bond motifs is 1. The quantitative estimate of drug-likeness (QED) is 0.546. The van der Waals surface area contributed by atoms with Crippen molar-refractivity contribution in [2.45, 2.75) is 28.8 Å². The molecule has 67 valence electrons. The van der Waals surface area contributed by atoms with Crippen LogP contribution in [0, 0.1) is 0 Å². The van der Waals surface area contributed by atoms with E-state index in [-0.39, 0.29) is 0 Å². The molecule has 2 rings (SSSR count). The summed E-state index contributed by atoms with van der Waals surface area (Å²) in [4.78, 5) is 0. The molecule has 0 bridgehead atoms. The zero-order valence-corrected chi connectivity index (χ0v) is 11.5. The third-order valence-corrected chi connectivity index (χ3v) is 4.72. The maximum absolute atomic E-state index is 10.3. The standard InChI is InChI=1S/C11H13O.Pb/c12-11-8-4-2-6-9-5-1-3-7-10(9)11;/h1,3,5,7,12H,2,4,6,8H2;. The number of aryl methyl sites for hydroxylation is 1. The van der Waals surface area contributed by atoms with Crippen molar-refractivity contribution in [1.29, 1.82) is 0 Å². The van der Waals surface area contributed by atoms with Crippen molar-refractivity contribution in [1.82, 2.24) is 0 Å². The molecule has 1 aliphatic rings. The second-order valence-corrected chi connectivity index (χ2v) is 6.94. The van der Waals surface area contributed by atoms with Gasteiger partial charge in [0.1, 0.15) is 0 Å². The van der Waals surface area contributed by atoms with Crippen molar-refractivity contribution in [3.8, 4) is 0 Å². The summed E-state index contributed by atoms with van der Waals surface area (Å²) < 4.78 is -0.465. The van der Waals surface area contributed by atoms with Gasteiger partial charge in [0.2, 0.25) is 0 Å². The summed E-state index contributed by atoms with van der Waals surface area (Å²) in [5, 5.41) is 10.3. The van der Waals surface area contributed by atoms with E-state index in [1.807, 2.05) is 6.07 Å². The van der Waals surface area contributed by atoms with E-state index in [1.54, 1.807) is 0 Å². The number of aliphatic hydroxyl groups is 1. The monoisotopic (exact) mass is 369 g/mol. The first-order valence-corrected chi connectivity index (χ1v) is 6.70.